The average molecular weight is 425 g/mol. The molecule has 0 saturated heterocycles. The topological polar surface area (TPSA) is 40.6 Å². The largest absolute Gasteiger partial charge is 0.306 e. The lowest BCUT2D eigenvalue weighted by Crippen LogP contribution is -2.56. The van der Waals surface area contributed by atoms with Crippen molar-refractivity contribution in [1.29, 1.82) is 0 Å². The molecular formula is C24H44N2O2S. The van der Waals surface area contributed by atoms with Gasteiger partial charge in [0.2, 0.25) is 10.0 Å². The molecule has 4 rings (SSSR count). The highest BCUT2D eigenvalue weighted by molar-refractivity contribution is 7.89. The van der Waals surface area contributed by atoms with Gasteiger partial charge in [-0.1, -0.05) is 52.4 Å². The van der Waals surface area contributed by atoms with Crippen LogP contribution in [0.15, 0.2) is 0 Å². The maximum absolute atomic E-state index is 14.2. The summed E-state index contributed by atoms with van der Waals surface area (Å²) in [5.74, 6) is 1.04. The Morgan fingerprint density at radius 1 is 0.828 bits per heavy atom. The van der Waals surface area contributed by atoms with Crippen LogP contribution in [0.3, 0.4) is 0 Å². The van der Waals surface area contributed by atoms with Gasteiger partial charge in [-0.3, -0.25) is 0 Å². The molecule has 0 heterocycles. The van der Waals surface area contributed by atoms with Gasteiger partial charge in [-0.25, -0.2) is 8.42 Å². The van der Waals surface area contributed by atoms with E-state index >= 15 is 0 Å². The van der Waals surface area contributed by atoms with Crippen molar-refractivity contribution in [3.8, 4) is 0 Å². The highest BCUT2D eigenvalue weighted by atomic mass is 32.2. The summed E-state index contributed by atoms with van der Waals surface area (Å²) >= 11 is 0. The lowest BCUT2D eigenvalue weighted by atomic mass is 9.68. The van der Waals surface area contributed by atoms with Crippen molar-refractivity contribution < 1.29 is 8.42 Å². The molecule has 3 atom stereocenters. The zero-order valence-corrected chi connectivity index (χ0v) is 20.1. The molecule has 0 spiro atoms. The van der Waals surface area contributed by atoms with Crippen LogP contribution in [-0.2, 0) is 10.0 Å². The molecule has 0 aliphatic heterocycles. The second-order valence-corrected chi connectivity index (χ2v) is 13.4. The van der Waals surface area contributed by atoms with Crippen LogP contribution in [0.1, 0.15) is 97.3 Å². The first-order valence-electron chi connectivity index (χ1n) is 12.4. The van der Waals surface area contributed by atoms with Crippen LogP contribution in [-0.4, -0.2) is 55.6 Å². The molecule has 0 aromatic rings. The smallest absolute Gasteiger partial charge is 0.215 e. The maximum Gasteiger partial charge on any atom is 0.215 e. The molecule has 5 heteroatoms. The minimum atomic E-state index is -3.28. The van der Waals surface area contributed by atoms with Crippen molar-refractivity contribution >= 4 is 10.0 Å². The number of nitrogens with zero attached hydrogens (tertiary/aromatic N) is 2. The Balaban J connectivity index is 1.66. The second kappa shape index (κ2) is 8.09. The summed E-state index contributed by atoms with van der Waals surface area (Å²) in [6.07, 6.45) is 15.1. The minimum Gasteiger partial charge on any atom is -0.306 e. The third-order valence-corrected chi connectivity index (χ3v) is 11.8. The summed E-state index contributed by atoms with van der Waals surface area (Å²) in [5.41, 5.74) is 0.0153. The van der Waals surface area contributed by atoms with Crippen LogP contribution in [0, 0.1) is 16.7 Å². The molecule has 2 bridgehead atoms. The van der Waals surface area contributed by atoms with Crippen molar-refractivity contribution in [2.24, 2.45) is 16.7 Å². The van der Waals surface area contributed by atoms with Crippen LogP contribution in [0.4, 0.5) is 0 Å². The van der Waals surface area contributed by atoms with Crippen LogP contribution < -0.4 is 0 Å². The van der Waals surface area contributed by atoms with Crippen LogP contribution in [0.2, 0.25) is 0 Å². The number of hydrogen-bond acceptors (Lipinski definition) is 3. The molecule has 4 aliphatic carbocycles. The van der Waals surface area contributed by atoms with Crippen molar-refractivity contribution in [1.82, 2.24) is 9.21 Å². The van der Waals surface area contributed by atoms with E-state index in [2.05, 4.69) is 37.1 Å². The fourth-order valence-corrected chi connectivity index (χ4v) is 10.7. The molecule has 3 unspecified atom stereocenters. The molecule has 0 aromatic carbocycles. The molecule has 29 heavy (non-hydrogen) atoms. The summed E-state index contributed by atoms with van der Waals surface area (Å²) < 4.78 is 30.6. The Morgan fingerprint density at radius 2 is 1.34 bits per heavy atom. The summed E-state index contributed by atoms with van der Waals surface area (Å²) in [5, 5.41) is 0. The summed E-state index contributed by atoms with van der Waals surface area (Å²) in [6.45, 7) is 4.74. The number of rotatable bonds is 6. The third kappa shape index (κ3) is 3.71. The highest BCUT2D eigenvalue weighted by Crippen LogP contribution is 2.67. The second-order valence-electron chi connectivity index (χ2n) is 11.5. The zero-order valence-electron chi connectivity index (χ0n) is 19.3. The van der Waals surface area contributed by atoms with E-state index in [1.165, 1.54) is 51.4 Å². The molecule has 0 radical (unpaired) electrons. The zero-order chi connectivity index (χ0) is 20.9. The Bertz CT molecular complexity index is 659. The van der Waals surface area contributed by atoms with Gasteiger partial charge >= 0.3 is 0 Å². The third-order valence-electron chi connectivity index (χ3n) is 9.64. The monoisotopic (exact) mass is 424 g/mol. The van der Waals surface area contributed by atoms with Gasteiger partial charge in [0, 0.05) is 23.5 Å². The number of sulfonamides is 1. The van der Waals surface area contributed by atoms with E-state index in [4.69, 9.17) is 0 Å². The maximum atomic E-state index is 14.2. The van der Waals surface area contributed by atoms with E-state index in [0.717, 1.165) is 32.1 Å². The van der Waals surface area contributed by atoms with E-state index in [9.17, 15) is 8.42 Å². The average Bonchev–Trinajstić information content (AvgIpc) is 3.04. The predicted octanol–water partition coefficient (Wildman–Crippen LogP) is 5.04. The molecular weight excluding hydrogens is 380 g/mol. The van der Waals surface area contributed by atoms with Gasteiger partial charge in [-0.15, -0.1) is 0 Å². The van der Waals surface area contributed by atoms with Gasteiger partial charge in [0.1, 0.15) is 0 Å². The van der Waals surface area contributed by atoms with Gasteiger partial charge in [-0.2, -0.15) is 4.31 Å². The molecule has 168 valence electrons. The Kier molecular flexibility index (Phi) is 6.16. The first kappa shape index (κ1) is 22.1. The van der Waals surface area contributed by atoms with Crippen molar-refractivity contribution in [3.63, 3.8) is 0 Å². The molecule has 4 nitrogen and oxygen atoms in total. The summed E-state index contributed by atoms with van der Waals surface area (Å²) in [6, 6.07) is 0.908. The fourth-order valence-electron chi connectivity index (χ4n) is 7.91. The van der Waals surface area contributed by atoms with E-state index in [-0.39, 0.29) is 22.9 Å². The first-order chi connectivity index (χ1) is 13.7. The Morgan fingerprint density at radius 3 is 1.79 bits per heavy atom. The highest BCUT2D eigenvalue weighted by Gasteiger charge is 2.66. The standard InChI is InChI=1S/C24H44N2O2S/c1-23(2)19-15-16-24(23,22(17-19)25(3)4)18-29(27,28)26(20-11-7-5-8-12-20)21-13-9-6-10-14-21/h19-22H,5-18H2,1-4H3. The lowest BCUT2D eigenvalue weighted by molar-refractivity contribution is 0.0710. The van der Waals surface area contributed by atoms with E-state index < -0.39 is 10.0 Å². The van der Waals surface area contributed by atoms with Crippen LogP contribution >= 0.6 is 0 Å². The van der Waals surface area contributed by atoms with E-state index in [1.807, 2.05) is 0 Å². The van der Waals surface area contributed by atoms with Gasteiger partial charge in [0.05, 0.1) is 5.75 Å². The molecule has 4 fully saturated rings. The van der Waals surface area contributed by atoms with Gasteiger partial charge in [0.15, 0.2) is 0 Å². The van der Waals surface area contributed by atoms with Gasteiger partial charge in [0.25, 0.3) is 0 Å². The summed E-state index contributed by atoms with van der Waals surface area (Å²) in [7, 11) is 1.05. The van der Waals surface area contributed by atoms with Crippen molar-refractivity contribution in [2.45, 2.75) is 115 Å². The van der Waals surface area contributed by atoms with Gasteiger partial charge < -0.3 is 4.90 Å². The molecule has 4 aliphatic rings. The lowest BCUT2D eigenvalue weighted by Gasteiger charge is -2.48. The SMILES string of the molecule is CN(C)C1CC2CCC1(CS(=O)(=O)N(C1CCCCC1)C1CCCCC1)C2(C)C. The van der Waals surface area contributed by atoms with Crippen molar-refractivity contribution in [2.75, 3.05) is 19.8 Å². The number of hydrogen-bond donors (Lipinski definition) is 0. The summed E-state index contributed by atoms with van der Waals surface area (Å²) in [4.78, 5) is 2.34. The number of fused-ring (bicyclic) bond motifs is 2. The van der Waals surface area contributed by atoms with Gasteiger partial charge in [-0.05, 0) is 70.4 Å². The quantitative estimate of drug-likeness (QED) is 0.600. The Labute approximate surface area is 179 Å². The first-order valence-corrected chi connectivity index (χ1v) is 14.0. The molecule has 0 amide bonds. The normalized spacial score (nSPS) is 36.3. The fraction of sp³-hybridized carbons (Fsp3) is 1.00. The Hall–Kier alpha value is -0.130. The molecule has 0 N–H and O–H groups in total. The van der Waals surface area contributed by atoms with Crippen molar-refractivity contribution in [3.05, 3.63) is 0 Å². The molecule has 0 aromatic heterocycles. The molecule has 4 saturated carbocycles. The van der Waals surface area contributed by atoms with Crippen LogP contribution in [0.25, 0.3) is 0 Å². The van der Waals surface area contributed by atoms with E-state index in [1.54, 1.807) is 0 Å². The van der Waals surface area contributed by atoms with E-state index in [0.29, 0.717) is 17.7 Å². The van der Waals surface area contributed by atoms with Crippen LogP contribution in [0.5, 0.6) is 0 Å². The predicted molar refractivity (Wildman–Crippen MR) is 120 cm³/mol. The minimum absolute atomic E-state index is 0.0957.